The fourth-order valence-corrected chi connectivity index (χ4v) is 4.63. The van der Waals surface area contributed by atoms with Gasteiger partial charge in [0.15, 0.2) is 0 Å². The number of hydrogen-bond acceptors (Lipinski definition) is 4. The Labute approximate surface area is 161 Å². The molecule has 2 bridgehead atoms. The minimum absolute atomic E-state index is 0. The quantitative estimate of drug-likeness (QED) is 0.759. The van der Waals surface area contributed by atoms with E-state index in [9.17, 15) is 4.79 Å². The van der Waals surface area contributed by atoms with Crippen LogP contribution in [0.5, 0.6) is 5.75 Å². The van der Waals surface area contributed by atoms with E-state index in [1.54, 1.807) is 18.9 Å². The molecule has 2 unspecified atom stereocenters. The zero-order valence-corrected chi connectivity index (χ0v) is 16.9. The van der Waals surface area contributed by atoms with E-state index < -0.39 is 0 Å². The Balaban J connectivity index is 0.00000225. The van der Waals surface area contributed by atoms with E-state index in [0.717, 1.165) is 29.1 Å². The third-order valence-electron chi connectivity index (χ3n) is 5.33. The predicted octanol–water partition coefficient (Wildman–Crippen LogP) is 3.72. The topological polar surface area (TPSA) is 41.6 Å². The molecule has 1 aromatic carbocycles. The van der Waals surface area contributed by atoms with Crippen LogP contribution >= 0.6 is 24.2 Å². The van der Waals surface area contributed by atoms with Crippen molar-refractivity contribution in [1.82, 2.24) is 10.2 Å². The SMILES string of the molecule is COc1cc(CN(C)C(=O)CC2CC3CCC(C2)N3)ccc1SC.Cl. The maximum atomic E-state index is 12.6. The van der Waals surface area contributed by atoms with Gasteiger partial charge in [0.1, 0.15) is 5.75 Å². The lowest BCUT2D eigenvalue weighted by atomic mass is 9.89. The van der Waals surface area contributed by atoms with Crippen molar-refractivity contribution in [2.75, 3.05) is 20.4 Å². The molecule has 0 saturated carbocycles. The summed E-state index contributed by atoms with van der Waals surface area (Å²) in [6.45, 7) is 0.641. The largest absolute Gasteiger partial charge is 0.496 e. The number of amides is 1. The van der Waals surface area contributed by atoms with Gasteiger partial charge in [0.05, 0.1) is 7.11 Å². The number of methoxy groups -OCH3 is 1. The fourth-order valence-electron chi connectivity index (χ4n) is 4.09. The number of nitrogens with one attached hydrogen (secondary N) is 1. The minimum atomic E-state index is 0. The molecule has 0 aliphatic carbocycles. The Bertz CT molecular complexity index is 587. The third-order valence-corrected chi connectivity index (χ3v) is 6.10. The summed E-state index contributed by atoms with van der Waals surface area (Å²) in [5, 5.41) is 3.65. The Hall–Kier alpha value is -0.910. The van der Waals surface area contributed by atoms with Gasteiger partial charge in [-0.1, -0.05) is 6.07 Å². The zero-order valence-electron chi connectivity index (χ0n) is 15.3. The molecule has 4 nitrogen and oxygen atoms in total. The Morgan fingerprint density at radius 2 is 2.00 bits per heavy atom. The van der Waals surface area contributed by atoms with Crippen LogP contribution in [0.25, 0.3) is 0 Å². The summed E-state index contributed by atoms with van der Waals surface area (Å²) in [6, 6.07) is 7.50. The van der Waals surface area contributed by atoms with Crippen molar-refractivity contribution in [2.24, 2.45) is 5.92 Å². The highest BCUT2D eigenvalue weighted by atomic mass is 35.5. The first kappa shape index (κ1) is 20.4. The summed E-state index contributed by atoms with van der Waals surface area (Å²) in [4.78, 5) is 15.6. The van der Waals surface area contributed by atoms with Crippen LogP contribution in [0, 0.1) is 5.92 Å². The molecule has 2 fully saturated rings. The van der Waals surface area contributed by atoms with Crippen LogP contribution in [0.15, 0.2) is 23.1 Å². The summed E-state index contributed by atoms with van der Waals surface area (Å²) in [5.41, 5.74) is 1.12. The van der Waals surface area contributed by atoms with Crippen molar-refractivity contribution < 1.29 is 9.53 Å². The maximum Gasteiger partial charge on any atom is 0.222 e. The van der Waals surface area contributed by atoms with Gasteiger partial charge < -0.3 is 15.0 Å². The molecular formula is C19H29ClN2O2S. The lowest BCUT2D eigenvalue weighted by molar-refractivity contribution is -0.131. The van der Waals surface area contributed by atoms with Crippen molar-refractivity contribution >= 4 is 30.1 Å². The number of benzene rings is 1. The number of nitrogens with zero attached hydrogens (tertiary/aromatic N) is 1. The fraction of sp³-hybridized carbons (Fsp3) is 0.632. The molecule has 3 rings (SSSR count). The number of rotatable bonds is 6. The molecule has 2 aliphatic rings. The third kappa shape index (κ3) is 5.05. The van der Waals surface area contributed by atoms with Crippen molar-refractivity contribution in [2.45, 2.75) is 55.6 Å². The standard InChI is InChI=1S/C19H28N2O2S.ClH/c1-21(12-13-4-7-18(24-3)17(10-13)23-2)19(22)11-14-8-15-5-6-16(9-14)20-15;/h4,7,10,14-16,20H,5-6,8-9,11-12H2,1-3H3;1H. The highest BCUT2D eigenvalue weighted by Crippen LogP contribution is 2.33. The first-order valence-electron chi connectivity index (χ1n) is 8.80. The highest BCUT2D eigenvalue weighted by molar-refractivity contribution is 7.98. The van der Waals surface area contributed by atoms with Crippen LogP contribution in [-0.4, -0.2) is 43.3 Å². The van der Waals surface area contributed by atoms with Crippen LogP contribution < -0.4 is 10.1 Å². The van der Waals surface area contributed by atoms with Crippen LogP contribution in [0.3, 0.4) is 0 Å². The summed E-state index contributed by atoms with van der Waals surface area (Å²) < 4.78 is 5.44. The van der Waals surface area contributed by atoms with Crippen LogP contribution in [0.4, 0.5) is 0 Å². The predicted molar refractivity (Wildman–Crippen MR) is 106 cm³/mol. The number of piperidine rings is 1. The van der Waals surface area contributed by atoms with Crippen molar-refractivity contribution in [3.63, 3.8) is 0 Å². The van der Waals surface area contributed by atoms with Gasteiger partial charge in [-0.15, -0.1) is 24.2 Å². The lowest BCUT2D eigenvalue weighted by Crippen LogP contribution is -2.39. The molecular weight excluding hydrogens is 356 g/mol. The number of ether oxygens (including phenoxy) is 1. The van der Waals surface area contributed by atoms with Crippen molar-refractivity contribution in [1.29, 1.82) is 0 Å². The second-order valence-corrected chi connectivity index (χ2v) is 7.97. The van der Waals surface area contributed by atoms with E-state index >= 15 is 0 Å². The van der Waals surface area contributed by atoms with Crippen LogP contribution in [0.1, 0.15) is 37.7 Å². The normalized spacial score (nSPS) is 24.5. The maximum absolute atomic E-state index is 12.6. The number of carbonyl (C=O) groups is 1. The van der Waals surface area contributed by atoms with Gasteiger partial charge >= 0.3 is 0 Å². The van der Waals surface area contributed by atoms with Gasteiger partial charge in [0.25, 0.3) is 0 Å². The Morgan fingerprint density at radius 3 is 2.60 bits per heavy atom. The Kier molecular flexibility index (Phi) is 7.47. The number of thioether (sulfide) groups is 1. The summed E-state index contributed by atoms with van der Waals surface area (Å²) in [5.74, 6) is 1.69. The molecule has 1 N–H and O–H groups in total. The van der Waals surface area contributed by atoms with Gasteiger partial charge in [0, 0.05) is 37.0 Å². The molecule has 0 aromatic heterocycles. The summed E-state index contributed by atoms with van der Waals surface area (Å²) in [7, 11) is 3.60. The molecule has 25 heavy (non-hydrogen) atoms. The number of fused-ring (bicyclic) bond motifs is 2. The van der Waals surface area contributed by atoms with E-state index in [-0.39, 0.29) is 18.3 Å². The summed E-state index contributed by atoms with van der Waals surface area (Å²) >= 11 is 1.67. The van der Waals surface area contributed by atoms with E-state index in [1.807, 2.05) is 24.3 Å². The molecule has 2 atom stereocenters. The lowest BCUT2D eigenvalue weighted by Gasteiger charge is -2.30. The van der Waals surface area contributed by atoms with Crippen LogP contribution in [-0.2, 0) is 11.3 Å². The average molecular weight is 385 g/mol. The molecule has 2 saturated heterocycles. The van der Waals surface area contributed by atoms with E-state index in [2.05, 4.69) is 17.4 Å². The van der Waals surface area contributed by atoms with Crippen LogP contribution in [0.2, 0.25) is 0 Å². The number of halogens is 1. The second kappa shape index (κ2) is 9.15. The first-order valence-corrected chi connectivity index (χ1v) is 10.0. The van der Waals surface area contributed by atoms with Gasteiger partial charge in [0.2, 0.25) is 5.91 Å². The van der Waals surface area contributed by atoms with E-state index in [4.69, 9.17) is 4.74 Å². The molecule has 1 amide bonds. The van der Waals surface area contributed by atoms with Crippen molar-refractivity contribution in [3.05, 3.63) is 23.8 Å². The monoisotopic (exact) mass is 384 g/mol. The minimum Gasteiger partial charge on any atom is -0.496 e. The average Bonchev–Trinajstić information content (AvgIpc) is 2.93. The number of carbonyl (C=O) groups excluding carboxylic acids is 1. The molecule has 2 aliphatic heterocycles. The molecule has 0 spiro atoms. The smallest absolute Gasteiger partial charge is 0.222 e. The molecule has 140 valence electrons. The van der Waals surface area contributed by atoms with Crippen molar-refractivity contribution in [3.8, 4) is 5.75 Å². The summed E-state index contributed by atoms with van der Waals surface area (Å²) in [6.07, 6.45) is 7.61. The number of hydrogen-bond donors (Lipinski definition) is 1. The first-order chi connectivity index (χ1) is 11.6. The second-order valence-electron chi connectivity index (χ2n) is 7.12. The van der Waals surface area contributed by atoms with Gasteiger partial charge in [-0.3, -0.25) is 4.79 Å². The van der Waals surface area contributed by atoms with Gasteiger partial charge in [-0.25, -0.2) is 0 Å². The zero-order chi connectivity index (χ0) is 17.1. The Morgan fingerprint density at radius 1 is 1.32 bits per heavy atom. The molecule has 6 heteroatoms. The van der Waals surface area contributed by atoms with Gasteiger partial charge in [-0.2, -0.15) is 0 Å². The van der Waals surface area contributed by atoms with Gasteiger partial charge in [-0.05, 0) is 55.6 Å². The highest BCUT2D eigenvalue weighted by Gasteiger charge is 2.34. The van der Waals surface area contributed by atoms with E-state index in [1.165, 1.54) is 12.8 Å². The molecule has 0 radical (unpaired) electrons. The molecule has 1 aromatic rings. The molecule has 2 heterocycles. The van der Waals surface area contributed by atoms with E-state index in [0.29, 0.717) is 31.0 Å².